The molecule has 0 spiro atoms. The topological polar surface area (TPSA) is 57.2 Å². The molecule has 0 radical (unpaired) electrons. The highest BCUT2D eigenvalue weighted by Crippen LogP contribution is 2.27. The molecule has 1 atom stereocenters. The van der Waals surface area contributed by atoms with Gasteiger partial charge in [-0.15, -0.1) is 0 Å². The van der Waals surface area contributed by atoms with E-state index in [2.05, 4.69) is 69.5 Å². The molecule has 6 nitrogen and oxygen atoms in total. The smallest absolute Gasteiger partial charge is 0.228 e. The minimum atomic E-state index is 0.147. The molecule has 156 valence electrons. The molecule has 1 unspecified atom stereocenters. The lowest BCUT2D eigenvalue weighted by Crippen LogP contribution is -2.47. The maximum Gasteiger partial charge on any atom is 0.228 e. The summed E-state index contributed by atoms with van der Waals surface area (Å²) in [6.45, 7) is 5.69. The second-order valence-electron chi connectivity index (χ2n) is 7.83. The van der Waals surface area contributed by atoms with Gasteiger partial charge in [-0.1, -0.05) is 48.5 Å². The number of anilines is 3. The van der Waals surface area contributed by atoms with Crippen molar-refractivity contribution in [3.63, 3.8) is 0 Å². The van der Waals surface area contributed by atoms with E-state index in [-0.39, 0.29) is 6.04 Å². The number of fused-ring (bicyclic) bond motifs is 1. The number of hydrogen-bond donors (Lipinski definition) is 1. The number of nitrogens with one attached hydrogen (secondary N) is 1. The van der Waals surface area contributed by atoms with Crippen LogP contribution in [0.3, 0.4) is 0 Å². The van der Waals surface area contributed by atoms with Crippen LogP contribution in [0.1, 0.15) is 18.5 Å². The summed E-state index contributed by atoms with van der Waals surface area (Å²) in [5.74, 6) is 2.69. The van der Waals surface area contributed by atoms with Gasteiger partial charge in [0.15, 0.2) is 0 Å². The molecule has 0 bridgehead atoms. The molecule has 4 aromatic rings. The summed E-state index contributed by atoms with van der Waals surface area (Å²) in [5, 5.41) is 4.66. The predicted octanol–water partition coefficient (Wildman–Crippen LogP) is 4.52. The molecule has 2 aromatic carbocycles. The van der Waals surface area contributed by atoms with Crippen molar-refractivity contribution >= 4 is 28.5 Å². The van der Waals surface area contributed by atoms with Crippen molar-refractivity contribution in [2.45, 2.75) is 13.0 Å². The van der Waals surface area contributed by atoms with E-state index in [1.54, 1.807) is 0 Å². The van der Waals surface area contributed by atoms with Gasteiger partial charge in [0.05, 0.1) is 5.52 Å². The van der Waals surface area contributed by atoms with Crippen LogP contribution in [0.5, 0.6) is 0 Å². The summed E-state index contributed by atoms with van der Waals surface area (Å²) in [6.07, 6.45) is 1.85. The Bertz CT molecular complexity index is 1140. The highest BCUT2D eigenvalue weighted by Gasteiger charge is 2.21. The third kappa shape index (κ3) is 4.14. The molecule has 0 aliphatic carbocycles. The fourth-order valence-electron chi connectivity index (χ4n) is 4.02. The number of para-hydroxylation sites is 1. The molecule has 2 aromatic heterocycles. The maximum absolute atomic E-state index is 4.96. The van der Waals surface area contributed by atoms with Crippen LogP contribution in [0.2, 0.25) is 0 Å². The van der Waals surface area contributed by atoms with E-state index in [0.717, 1.165) is 54.7 Å². The maximum atomic E-state index is 4.96. The fraction of sp³-hybridized carbons (Fsp3) is 0.240. The zero-order valence-corrected chi connectivity index (χ0v) is 17.6. The van der Waals surface area contributed by atoms with Gasteiger partial charge in [-0.3, -0.25) is 0 Å². The lowest BCUT2D eigenvalue weighted by atomic mass is 10.1. The highest BCUT2D eigenvalue weighted by atomic mass is 15.3. The summed E-state index contributed by atoms with van der Waals surface area (Å²) >= 11 is 0. The van der Waals surface area contributed by atoms with Gasteiger partial charge in [-0.2, -0.15) is 4.98 Å². The molecule has 1 aliphatic heterocycles. The van der Waals surface area contributed by atoms with Crippen molar-refractivity contribution in [1.29, 1.82) is 0 Å². The van der Waals surface area contributed by atoms with Crippen molar-refractivity contribution in [2.75, 3.05) is 41.3 Å². The number of nitrogens with zero attached hydrogens (tertiary/aromatic N) is 5. The fourth-order valence-corrected chi connectivity index (χ4v) is 4.02. The van der Waals surface area contributed by atoms with Crippen LogP contribution in [0, 0.1) is 0 Å². The monoisotopic (exact) mass is 410 g/mol. The van der Waals surface area contributed by atoms with Crippen LogP contribution in [0.25, 0.3) is 10.9 Å². The summed E-state index contributed by atoms with van der Waals surface area (Å²) in [6, 6.07) is 24.9. The Morgan fingerprint density at radius 2 is 1.48 bits per heavy atom. The first-order valence-electron chi connectivity index (χ1n) is 10.8. The highest BCUT2D eigenvalue weighted by molar-refractivity contribution is 5.90. The normalized spacial score (nSPS) is 15.1. The van der Waals surface area contributed by atoms with Crippen LogP contribution in [0.15, 0.2) is 79.0 Å². The molecule has 1 fully saturated rings. The Hall–Kier alpha value is -3.67. The molecule has 5 rings (SSSR count). The molecule has 3 heterocycles. The summed E-state index contributed by atoms with van der Waals surface area (Å²) in [7, 11) is 0. The van der Waals surface area contributed by atoms with Crippen molar-refractivity contribution in [3.05, 3.63) is 84.6 Å². The van der Waals surface area contributed by atoms with E-state index in [0.29, 0.717) is 0 Å². The zero-order chi connectivity index (χ0) is 21.0. The number of hydrogen-bond acceptors (Lipinski definition) is 6. The molecule has 31 heavy (non-hydrogen) atoms. The average molecular weight is 411 g/mol. The van der Waals surface area contributed by atoms with Crippen LogP contribution in [-0.2, 0) is 0 Å². The quantitative estimate of drug-likeness (QED) is 0.522. The molecular formula is C25H26N6. The second-order valence-corrected chi connectivity index (χ2v) is 7.83. The van der Waals surface area contributed by atoms with E-state index in [9.17, 15) is 0 Å². The van der Waals surface area contributed by atoms with Crippen LogP contribution < -0.4 is 15.1 Å². The van der Waals surface area contributed by atoms with Gasteiger partial charge in [0, 0.05) is 43.8 Å². The van der Waals surface area contributed by atoms with Gasteiger partial charge in [0.25, 0.3) is 0 Å². The minimum Gasteiger partial charge on any atom is -0.363 e. The number of aromatic nitrogens is 3. The Kier molecular flexibility index (Phi) is 5.35. The predicted molar refractivity (Wildman–Crippen MR) is 127 cm³/mol. The lowest BCUT2D eigenvalue weighted by molar-refractivity contribution is 0.636. The van der Waals surface area contributed by atoms with Crippen molar-refractivity contribution in [2.24, 2.45) is 0 Å². The van der Waals surface area contributed by atoms with Gasteiger partial charge in [-0.25, -0.2) is 9.97 Å². The zero-order valence-electron chi connectivity index (χ0n) is 17.6. The van der Waals surface area contributed by atoms with Crippen molar-refractivity contribution < 1.29 is 0 Å². The third-order valence-electron chi connectivity index (χ3n) is 5.78. The van der Waals surface area contributed by atoms with Gasteiger partial charge in [-0.05, 0) is 36.8 Å². The van der Waals surface area contributed by atoms with E-state index < -0.39 is 0 Å². The first-order chi connectivity index (χ1) is 15.3. The molecule has 0 saturated carbocycles. The lowest BCUT2D eigenvalue weighted by Gasteiger charge is -2.35. The molecule has 0 amide bonds. The van der Waals surface area contributed by atoms with E-state index >= 15 is 0 Å². The number of pyridine rings is 1. The van der Waals surface area contributed by atoms with E-state index in [1.165, 1.54) is 5.56 Å². The van der Waals surface area contributed by atoms with Gasteiger partial charge in [0.2, 0.25) is 5.95 Å². The molecule has 1 aliphatic rings. The van der Waals surface area contributed by atoms with Gasteiger partial charge >= 0.3 is 0 Å². The van der Waals surface area contributed by atoms with Gasteiger partial charge in [0.1, 0.15) is 11.6 Å². The van der Waals surface area contributed by atoms with Crippen molar-refractivity contribution in [3.8, 4) is 0 Å². The summed E-state index contributed by atoms with van der Waals surface area (Å²) in [4.78, 5) is 18.9. The third-order valence-corrected chi connectivity index (χ3v) is 5.78. The SMILES string of the molecule is CC(Nc1nc(N2CCN(c3ccccn3)CC2)nc2ccccc12)c1ccccc1. The van der Waals surface area contributed by atoms with Gasteiger partial charge < -0.3 is 15.1 Å². The first-order valence-corrected chi connectivity index (χ1v) is 10.8. The second kappa shape index (κ2) is 8.60. The number of benzene rings is 2. The Morgan fingerprint density at radius 3 is 2.26 bits per heavy atom. The minimum absolute atomic E-state index is 0.147. The number of rotatable bonds is 5. The molecular weight excluding hydrogens is 384 g/mol. The molecule has 6 heteroatoms. The molecule has 1 saturated heterocycles. The largest absolute Gasteiger partial charge is 0.363 e. The van der Waals surface area contributed by atoms with Crippen LogP contribution >= 0.6 is 0 Å². The van der Waals surface area contributed by atoms with Crippen LogP contribution in [0.4, 0.5) is 17.6 Å². The standard InChI is InChI=1S/C25H26N6/c1-19(20-9-3-2-4-10-20)27-24-21-11-5-6-12-22(21)28-25(29-24)31-17-15-30(16-18-31)23-13-7-8-14-26-23/h2-14,19H,15-18H2,1H3,(H,27,28,29). The Balaban J connectivity index is 1.40. The first kappa shape index (κ1) is 19.3. The molecule has 1 N–H and O–H groups in total. The summed E-state index contributed by atoms with van der Waals surface area (Å²) in [5.41, 5.74) is 2.19. The number of piperazine rings is 1. The average Bonchev–Trinajstić information content (AvgIpc) is 2.85. The Morgan fingerprint density at radius 1 is 0.774 bits per heavy atom. The van der Waals surface area contributed by atoms with E-state index in [4.69, 9.17) is 9.97 Å². The van der Waals surface area contributed by atoms with Crippen molar-refractivity contribution in [1.82, 2.24) is 15.0 Å². The van der Waals surface area contributed by atoms with E-state index in [1.807, 2.05) is 36.5 Å². The summed E-state index contributed by atoms with van der Waals surface area (Å²) < 4.78 is 0. The Labute approximate surface area is 182 Å². The van der Waals surface area contributed by atoms with Crippen LogP contribution in [-0.4, -0.2) is 41.1 Å².